The molecule has 0 spiro atoms. The van der Waals surface area contributed by atoms with Gasteiger partial charge in [0, 0.05) is 30.6 Å². The number of aliphatic hydroxyl groups is 2. The lowest BCUT2D eigenvalue weighted by molar-refractivity contribution is -0.138. The first-order chi connectivity index (χ1) is 19.0. The van der Waals surface area contributed by atoms with E-state index in [2.05, 4.69) is 5.32 Å². The largest absolute Gasteiger partial charge is 0.496 e. The van der Waals surface area contributed by atoms with Crippen LogP contribution in [0.1, 0.15) is 49.1 Å². The van der Waals surface area contributed by atoms with E-state index in [1.807, 2.05) is 48.5 Å². The predicted octanol–water partition coefficient (Wildman–Crippen LogP) is 2.97. The van der Waals surface area contributed by atoms with Crippen LogP contribution in [0.15, 0.2) is 60.2 Å². The Bertz CT molecular complexity index is 1210. The molecule has 1 heterocycles. The summed E-state index contributed by atoms with van der Waals surface area (Å²) in [6.07, 6.45) is 5.32. The van der Waals surface area contributed by atoms with Gasteiger partial charge in [0.05, 0.1) is 25.7 Å². The normalized spacial score (nSPS) is 23.8. The Labute approximate surface area is 229 Å². The molecule has 1 saturated carbocycles. The predicted molar refractivity (Wildman–Crippen MR) is 147 cm³/mol. The molecule has 0 saturated heterocycles. The molecule has 4 unspecified atom stereocenters. The van der Waals surface area contributed by atoms with E-state index in [1.54, 1.807) is 18.1 Å². The second-order valence-electron chi connectivity index (χ2n) is 10.7. The van der Waals surface area contributed by atoms with Crippen molar-refractivity contribution in [1.29, 1.82) is 0 Å². The van der Waals surface area contributed by atoms with E-state index in [-0.39, 0.29) is 25.0 Å². The Morgan fingerprint density at radius 1 is 1.10 bits per heavy atom. The van der Waals surface area contributed by atoms with Gasteiger partial charge in [0.25, 0.3) is 0 Å². The van der Waals surface area contributed by atoms with E-state index in [0.717, 1.165) is 42.6 Å². The molecular weight excluding hydrogens is 496 g/mol. The van der Waals surface area contributed by atoms with Crippen molar-refractivity contribution in [2.75, 3.05) is 26.8 Å². The first-order valence-corrected chi connectivity index (χ1v) is 14.0. The molecule has 0 aromatic heterocycles. The fourth-order valence-electron chi connectivity index (χ4n) is 6.36. The van der Waals surface area contributed by atoms with Crippen molar-refractivity contribution in [1.82, 2.24) is 10.2 Å². The summed E-state index contributed by atoms with van der Waals surface area (Å²) in [6, 6.07) is 14.5. The summed E-state index contributed by atoms with van der Waals surface area (Å²) in [5.41, 5.74) is 2.25. The van der Waals surface area contributed by atoms with Gasteiger partial charge in [-0.25, -0.2) is 0 Å². The summed E-state index contributed by atoms with van der Waals surface area (Å²) in [4.78, 5) is 28.9. The fourth-order valence-corrected chi connectivity index (χ4v) is 6.36. The number of hydrogen-bond donors (Lipinski definition) is 3. The van der Waals surface area contributed by atoms with Crippen molar-refractivity contribution < 1.29 is 29.3 Å². The van der Waals surface area contributed by atoms with Crippen molar-refractivity contribution >= 4 is 11.8 Å². The summed E-state index contributed by atoms with van der Waals surface area (Å²) in [7, 11) is 1.63. The molecule has 39 heavy (non-hydrogen) atoms. The summed E-state index contributed by atoms with van der Waals surface area (Å²) >= 11 is 0. The van der Waals surface area contributed by atoms with E-state index in [9.17, 15) is 19.8 Å². The molecule has 2 amide bonds. The Morgan fingerprint density at radius 2 is 1.85 bits per heavy atom. The fraction of sp³-hybridized carbons (Fsp3) is 0.484. The van der Waals surface area contributed by atoms with Crippen LogP contribution < -0.4 is 14.8 Å². The number of carbonyl (C=O) groups is 2. The molecule has 0 bridgehead atoms. The molecule has 5 rings (SSSR count). The van der Waals surface area contributed by atoms with Crippen molar-refractivity contribution in [3.63, 3.8) is 0 Å². The standard InChI is InChI=1S/C31H38N2O6/c1-38-25-12-6-4-10-21(25)14-16-33(27(35)18-20-8-2-3-9-20)24-19-23(31(37)32-15-17-34)28-22-11-5-7-13-26(22)39-30(28)29(24)36/h4-7,10-13,19-20,24,28-30,34,36H,2-3,8-9,14-18H2,1H3,(H,32,37). The number of aliphatic hydroxyl groups excluding tert-OH is 2. The van der Waals surface area contributed by atoms with Crippen molar-refractivity contribution in [3.05, 3.63) is 71.3 Å². The maximum Gasteiger partial charge on any atom is 0.247 e. The molecule has 4 atom stereocenters. The van der Waals surface area contributed by atoms with Crippen LogP contribution in [0, 0.1) is 5.92 Å². The number of nitrogens with zero attached hydrogens (tertiary/aromatic N) is 1. The SMILES string of the molecule is COc1ccccc1CCN(C(=O)CC1CCCC1)C1C=C(C(=O)NCCO)C2c3ccccc3OC2C1O. The second-order valence-corrected chi connectivity index (χ2v) is 10.7. The van der Waals surface area contributed by atoms with Gasteiger partial charge in [0.1, 0.15) is 23.7 Å². The number of hydrogen-bond acceptors (Lipinski definition) is 6. The van der Waals surface area contributed by atoms with Crippen LogP contribution in [-0.4, -0.2) is 72.0 Å². The van der Waals surface area contributed by atoms with Gasteiger partial charge in [-0.3, -0.25) is 9.59 Å². The number of rotatable bonds is 10. The Kier molecular flexibility index (Phi) is 8.53. The van der Waals surface area contributed by atoms with Gasteiger partial charge in [0.15, 0.2) is 0 Å². The zero-order chi connectivity index (χ0) is 27.4. The molecule has 2 aromatic carbocycles. The monoisotopic (exact) mass is 534 g/mol. The number of methoxy groups -OCH3 is 1. The third-order valence-electron chi connectivity index (χ3n) is 8.31. The van der Waals surface area contributed by atoms with E-state index in [4.69, 9.17) is 9.47 Å². The smallest absolute Gasteiger partial charge is 0.247 e. The van der Waals surface area contributed by atoms with Crippen LogP contribution in [0.5, 0.6) is 11.5 Å². The van der Waals surface area contributed by atoms with Gasteiger partial charge in [-0.15, -0.1) is 0 Å². The van der Waals surface area contributed by atoms with E-state index in [1.165, 1.54) is 0 Å². The quantitative estimate of drug-likeness (QED) is 0.433. The average Bonchev–Trinajstić information content (AvgIpc) is 3.61. The number of para-hydroxylation sites is 2. The van der Waals surface area contributed by atoms with Crippen molar-refractivity contribution in [2.45, 2.75) is 62.7 Å². The first-order valence-electron chi connectivity index (χ1n) is 14.0. The number of ether oxygens (including phenoxy) is 2. The molecule has 0 radical (unpaired) electrons. The van der Waals surface area contributed by atoms with Crippen molar-refractivity contribution in [2.24, 2.45) is 5.92 Å². The lowest BCUT2D eigenvalue weighted by Gasteiger charge is -2.41. The zero-order valence-electron chi connectivity index (χ0n) is 22.4. The molecule has 3 aliphatic rings. The molecule has 2 aromatic rings. The van der Waals surface area contributed by atoms with Gasteiger partial charge < -0.3 is 29.9 Å². The summed E-state index contributed by atoms with van der Waals surface area (Å²) in [5.74, 6) is 0.894. The summed E-state index contributed by atoms with van der Waals surface area (Å²) in [5, 5.41) is 23.8. The minimum Gasteiger partial charge on any atom is -0.496 e. The van der Waals surface area contributed by atoms with Crippen LogP contribution in [-0.2, 0) is 16.0 Å². The molecule has 3 N–H and O–H groups in total. The molecule has 8 heteroatoms. The highest BCUT2D eigenvalue weighted by atomic mass is 16.5. The maximum absolute atomic E-state index is 13.9. The number of benzene rings is 2. The van der Waals surface area contributed by atoms with E-state index < -0.39 is 24.2 Å². The minimum absolute atomic E-state index is 0.0267. The van der Waals surface area contributed by atoms with Crippen LogP contribution in [0.2, 0.25) is 0 Å². The third kappa shape index (κ3) is 5.68. The molecule has 2 aliphatic carbocycles. The highest BCUT2D eigenvalue weighted by Gasteiger charge is 2.50. The van der Waals surface area contributed by atoms with Crippen LogP contribution in [0.3, 0.4) is 0 Å². The van der Waals surface area contributed by atoms with Crippen molar-refractivity contribution in [3.8, 4) is 11.5 Å². The number of nitrogens with one attached hydrogen (secondary N) is 1. The molecular formula is C31H38N2O6. The van der Waals surface area contributed by atoms with Gasteiger partial charge in [-0.1, -0.05) is 49.2 Å². The number of carbonyl (C=O) groups excluding carboxylic acids is 2. The Balaban J connectivity index is 1.49. The molecule has 1 aliphatic heterocycles. The number of amides is 2. The second kappa shape index (κ2) is 12.2. The van der Waals surface area contributed by atoms with Gasteiger partial charge in [-0.05, 0) is 49.0 Å². The zero-order valence-corrected chi connectivity index (χ0v) is 22.4. The van der Waals surface area contributed by atoms with E-state index >= 15 is 0 Å². The van der Waals surface area contributed by atoms with E-state index in [0.29, 0.717) is 36.6 Å². The van der Waals surface area contributed by atoms with Crippen LogP contribution in [0.25, 0.3) is 0 Å². The number of fused-ring (bicyclic) bond motifs is 3. The van der Waals surface area contributed by atoms with Crippen LogP contribution in [0.4, 0.5) is 0 Å². The Hall–Kier alpha value is -3.36. The summed E-state index contributed by atoms with van der Waals surface area (Å²) < 4.78 is 11.8. The highest BCUT2D eigenvalue weighted by Crippen LogP contribution is 2.47. The lowest BCUT2D eigenvalue weighted by atomic mass is 9.77. The molecule has 208 valence electrons. The van der Waals surface area contributed by atoms with Gasteiger partial charge in [0.2, 0.25) is 11.8 Å². The maximum atomic E-state index is 13.9. The average molecular weight is 535 g/mol. The highest BCUT2D eigenvalue weighted by molar-refractivity contribution is 5.96. The lowest BCUT2D eigenvalue weighted by Crippen LogP contribution is -2.56. The van der Waals surface area contributed by atoms with Crippen LogP contribution >= 0.6 is 0 Å². The van der Waals surface area contributed by atoms with Gasteiger partial charge >= 0.3 is 0 Å². The summed E-state index contributed by atoms with van der Waals surface area (Å²) in [6.45, 7) is 0.290. The third-order valence-corrected chi connectivity index (χ3v) is 8.31. The molecule has 1 fully saturated rings. The molecule has 8 nitrogen and oxygen atoms in total. The van der Waals surface area contributed by atoms with Gasteiger partial charge in [-0.2, -0.15) is 0 Å². The first kappa shape index (κ1) is 27.2. The topological polar surface area (TPSA) is 108 Å². The minimum atomic E-state index is -1.03. The Morgan fingerprint density at radius 3 is 2.62 bits per heavy atom.